The highest BCUT2D eigenvalue weighted by Gasteiger charge is 2.11. The molecule has 1 aliphatic rings. The van der Waals surface area contributed by atoms with Crippen LogP contribution in [0.5, 0.6) is 0 Å². The van der Waals surface area contributed by atoms with Crippen molar-refractivity contribution in [3.8, 4) is 0 Å². The van der Waals surface area contributed by atoms with Gasteiger partial charge in [-0.05, 0) is 48.8 Å². The Bertz CT molecular complexity index is 457. The van der Waals surface area contributed by atoms with E-state index in [0.29, 0.717) is 13.0 Å². The molecule has 1 atom stereocenters. The van der Waals surface area contributed by atoms with E-state index < -0.39 is 0 Å². The molecule has 1 aromatic carbocycles. The minimum Gasteiger partial charge on any atom is -0.466 e. The maximum atomic E-state index is 11.4. The molecule has 19 heavy (non-hydrogen) atoms. The molecule has 0 aliphatic heterocycles. The summed E-state index contributed by atoms with van der Waals surface area (Å²) < 4.78 is 4.95. The summed E-state index contributed by atoms with van der Waals surface area (Å²) in [4.78, 5) is 11.4. The molecule has 0 radical (unpaired) electrons. The van der Waals surface area contributed by atoms with Gasteiger partial charge in [0.25, 0.3) is 0 Å². The van der Waals surface area contributed by atoms with Crippen molar-refractivity contribution in [2.24, 2.45) is 5.92 Å². The maximum Gasteiger partial charge on any atom is 0.310 e. The van der Waals surface area contributed by atoms with Gasteiger partial charge in [0.2, 0.25) is 0 Å². The van der Waals surface area contributed by atoms with Gasteiger partial charge in [-0.15, -0.1) is 0 Å². The Morgan fingerprint density at radius 1 is 1.32 bits per heavy atom. The van der Waals surface area contributed by atoms with E-state index in [4.69, 9.17) is 4.74 Å². The lowest BCUT2D eigenvalue weighted by Gasteiger charge is -2.18. The third-order valence-electron chi connectivity index (χ3n) is 3.65. The van der Waals surface area contributed by atoms with Gasteiger partial charge in [0.15, 0.2) is 0 Å². The molecule has 0 unspecified atom stereocenters. The van der Waals surface area contributed by atoms with E-state index >= 15 is 0 Å². The summed E-state index contributed by atoms with van der Waals surface area (Å²) in [7, 11) is 0. The van der Waals surface area contributed by atoms with Crippen molar-refractivity contribution in [3.05, 3.63) is 41.5 Å². The quantitative estimate of drug-likeness (QED) is 0.763. The average molecular weight is 258 g/mol. The molecule has 1 aromatic rings. The highest BCUT2D eigenvalue weighted by Crippen LogP contribution is 2.29. The Labute approximate surface area is 115 Å². The molecule has 0 aromatic heterocycles. The standard InChI is InChI=1S/C17H22O2/c1-3-19-17(18)12-14-6-10-16(11-7-14)15-8-4-13(2)5-9-15/h6-8,10-11,13H,3-5,9,12H2,1-2H3/t13-/m1/s1. The summed E-state index contributed by atoms with van der Waals surface area (Å²) in [5.74, 6) is 0.660. The summed E-state index contributed by atoms with van der Waals surface area (Å²) in [6.07, 6.45) is 6.34. The Kier molecular flexibility index (Phi) is 4.78. The van der Waals surface area contributed by atoms with Gasteiger partial charge in [-0.25, -0.2) is 0 Å². The fraction of sp³-hybridized carbons (Fsp3) is 0.471. The first-order valence-corrected chi connectivity index (χ1v) is 7.13. The molecular weight excluding hydrogens is 236 g/mol. The van der Waals surface area contributed by atoms with Gasteiger partial charge < -0.3 is 4.74 Å². The summed E-state index contributed by atoms with van der Waals surface area (Å²) in [6, 6.07) is 8.31. The zero-order valence-electron chi connectivity index (χ0n) is 11.8. The highest BCUT2D eigenvalue weighted by atomic mass is 16.5. The van der Waals surface area contributed by atoms with Gasteiger partial charge in [0, 0.05) is 0 Å². The number of hydrogen-bond acceptors (Lipinski definition) is 2. The van der Waals surface area contributed by atoms with Crippen molar-refractivity contribution in [1.29, 1.82) is 0 Å². The van der Waals surface area contributed by atoms with E-state index in [-0.39, 0.29) is 5.97 Å². The molecule has 0 amide bonds. The first-order valence-electron chi connectivity index (χ1n) is 7.13. The number of rotatable bonds is 4. The summed E-state index contributed by atoms with van der Waals surface area (Å²) in [5, 5.41) is 0. The molecule has 0 bridgehead atoms. The predicted molar refractivity (Wildman–Crippen MR) is 77.8 cm³/mol. The summed E-state index contributed by atoms with van der Waals surface area (Å²) >= 11 is 0. The van der Waals surface area contributed by atoms with E-state index in [9.17, 15) is 4.79 Å². The fourth-order valence-corrected chi connectivity index (χ4v) is 2.44. The first kappa shape index (κ1) is 13.9. The zero-order valence-corrected chi connectivity index (χ0v) is 11.8. The highest BCUT2D eigenvalue weighted by molar-refractivity contribution is 5.73. The lowest BCUT2D eigenvalue weighted by atomic mass is 9.87. The number of carbonyl (C=O) groups is 1. The molecule has 0 spiro atoms. The predicted octanol–water partition coefficient (Wildman–Crippen LogP) is 4.00. The van der Waals surface area contributed by atoms with Gasteiger partial charge in [0.1, 0.15) is 0 Å². The van der Waals surface area contributed by atoms with E-state index in [1.807, 2.05) is 19.1 Å². The number of esters is 1. The van der Waals surface area contributed by atoms with Gasteiger partial charge in [-0.3, -0.25) is 4.79 Å². The summed E-state index contributed by atoms with van der Waals surface area (Å²) in [6.45, 7) is 4.58. The Morgan fingerprint density at radius 3 is 2.63 bits per heavy atom. The van der Waals surface area contributed by atoms with Crippen LogP contribution in [-0.4, -0.2) is 12.6 Å². The number of carbonyl (C=O) groups excluding carboxylic acids is 1. The SMILES string of the molecule is CCOC(=O)Cc1ccc(C2=CC[C@@H](C)CC2)cc1. The smallest absolute Gasteiger partial charge is 0.310 e. The van der Waals surface area contributed by atoms with Crippen LogP contribution in [0.2, 0.25) is 0 Å². The van der Waals surface area contributed by atoms with Gasteiger partial charge in [-0.2, -0.15) is 0 Å². The number of allylic oxidation sites excluding steroid dienone is 2. The molecule has 0 saturated carbocycles. The average Bonchev–Trinajstić information content (AvgIpc) is 2.41. The van der Waals surface area contributed by atoms with Crippen molar-refractivity contribution in [3.63, 3.8) is 0 Å². The normalized spacial score (nSPS) is 18.8. The molecule has 1 aliphatic carbocycles. The molecule has 2 nitrogen and oxygen atoms in total. The second kappa shape index (κ2) is 6.55. The van der Waals surface area contributed by atoms with Crippen molar-refractivity contribution in [2.75, 3.05) is 6.61 Å². The minimum atomic E-state index is -0.152. The lowest BCUT2D eigenvalue weighted by molar-refractivity contribution is -0.142. The molecule has 2 rings (SSSR count). The minimum absolute atomic E-state index is 0.152. The molecule has 0 fully saturated rings. The third kappa shape index (κ3) is 3.95. The van der Waals surface area contributed by atoms with Crippen LogP contribution in [0.1, 0.15) is 44.2 Å². The van der Waals surface area contributed by atoms with Crippen molar-refractivity contribution < 1.29 is 9.53 Å². The first-order chi connectivity index (χ1) is 9.19. The molecular formula is C17H22O2. The van der Waals surface area contributed by atoms with Crippen LogP contribution in [0.15, 0.2) is 30.3 Å². The van der Waals surface area contributed by atoms with Gasteiger partial charge >= 0.3 is 5.97 Å². The molecule has 102 valence electrons. The second-order valence-electron chi connectivity index (χ2n) is 5.29. The van der Waals surface area contributed by atoms with Crippen LogP contribution in [0.3, 0.4) is 0 Å². The van der Waals surface area contributed by atoms with Crippen molar-refractivity contribution in [1.82, 2.24) is 0 Å². The van der Waals surface area contributed by atoms with Gasteiger partial charge in [0.05, 0.1) is 13.0 Å². The number of hydrogen-bond donors (Lipinski definition) is 0. The third-order valence-corrected chi connectivity index (χ3v) is 3.65. The van der Waals surface area contributed by atoms with Crippen LogP contribution in [0.25, 0.3) is 5.57 Å². The van der Waals surface area contributed by atoms with Gasteiger partial charge in [-0.1, -0.05) is 37.3 Å². The van der Waals surface area contributed by atoms with E-state index in [1.165, 1.54) is 30.4 Å². The Balaban J connectivity index is 2.00. The van der Waals surface area contributed by atoms with E-state index in [2.05, 4.69) is 25.1 Å². The second-order valence-corrected chi connectivity index (χ2v) is 5.29. The molecule has 0 saturated heterocycles. The van der Waals surface area contributed by atoms with Crippen LogP contribution in [0.4, 0.5) is 0 Å². The summed E-state index contributed by atoms with van der Waals surface area (Å²) in [5.41, 5.74) is 3.76. The maximum absolute atomic E-state index is 11.4. The lowest BCUT2D eigenvalue weighted by Crippen LogP contribution is -2.07. The topological polar surface area (TPSA) is 26.3 Å². The fourth-order valence-electron chi connectivity index (χ4n) is 2.44. The Morgan fingerprint density at radius 2 is 2.05 bits per heavy atom. The monoisotopic (exact) mass is 258 g/mol. The molecule has 0 heterocycles. The number of ether oxygens (including phenoxy) is 1. The molecule has 2 heteroatoms. The van der Waals surface area contributed by atoms with Crippen LogP contribution in [-0.2, 0) is 16.0 Å². The van der Waals surface area contributed by atoms with E-state index in [0.717, 1.165) is 11.5 Å². The largest absolute Gasteiger partial charge is 0.466 e. The number of benzene rings is 1. The van der Waals surface area contributed by atoms with Crippen LogP contribution < -0.4 is 0 Å². The zero-order chi connectivity index (χ0) is 13.7. The van der Waals surface area contributed by atoms with E-state index in [1.54, 1.807) is 0 Å². The van der Waals surface area contributed by atoms with Crippen LogP contribution in [0, 0.1) is 5.92 Å². The molecule has 0 N–H and O–H groups in total. The Hall–Kier alpha value is -1.57. The van der Waals surface area contributed by atoms with Crippen molar-refractivity contribution >= 4 is 11.5 Å². The van der Waals surface area contributed by atoms with Crippen molar-refractivity contribution in [2.45, 2.75) is 39.5 Å². The van der Waals surface area contributed by atoms with Crippen LogP contribution >= 0.6 is 0 Å².